The molecule has 3 rings (SSSR count). The van der Waals surface area contributed by atoms with Gasteiger partial charge in [-0.05, 0) is 64.7 Å². The van der Waals surface area contributed by atoms with Gasteiger partial charge in [-0.25, -0.2) is 4.99 Å². The van der Waals surface area contributed by atoms with Gasteiger partial charge in [0.15, 0.2) is 0 Å². The van der Waals surface area contributed by atoms with Gasteiger partial charge in [-0.2, -0.15) is 0 Å². The highest BCUT2D eigenvalue weighted by molar-refractivity contribution is 5.74. The van der Waals surface area contributed by atoms with Crippen LogP contribution in [0, 0.1) is 5.41 Å². The maximum Gasteiger partial charge on any atom is 0.285 e. The van der Waals surface area contributed by atoms with Gasteiger partial charge in [0.2, 0.25) is 0 Å². The van der Waals surface area contributed by atoms with Gasteiger partial charge in [-0.1, -0.05) is 12.8 Å². The topological polar surface area (TPSA) is 33.6 Å². The van der Waals surface area contributed by atoms with E-state index in [0.717, 1.165) is 6.02 Å². The highest BCUT2D eigenvalue weighted by Crippen LogP contribution is 2.48. The maximum atomic E-state index is 6.03. The maximum absolute atomic E-state index is 6.03. The van der Waals surface area contributed by atoms with E-state index in [1.807, 2.05) is 0 Å². The van der Waals surface area contributed by atoms with Crippen molar-refractivity contribution in [1.82, 2.24) is 5.32 Å². The van der Waals surface area contributed by atoms with Gasteiger partial charge in [0.25, 0.3) is 6.02 Å². The van der Waals surface area contributed by atoms with Crippen LogP contribution in [0.3, 0.4) is 0 Å². The normalized spacial score (nSPS) is 38.6. The van der Waals surface area contributed by atoms with Crippen LogP contribution in [0.1, 0.15) is 72.1 Å². The van der Waals surface area contributed by atoms with E-state index in [1.165, 1.54) is 51.4 Å². The Morgan fingerprint density at radius 3 is 2.63 bits per heavy atom. The zero-order valence-corrected chi connectivity index (χ0v) is 12.7. The molecule has 2 aliphatic carbocycles. The number of ether oxygens (including phenoxy) is 1. The predicted octanol–water partition coefficient (Wildman–Crippen LogP) is 3.63. The molecule has 0 aromatic heterocycles. The Balaban J connectivity index is 1.83. The minimum atomic E-state index is -0.161. The van der Waals surface area contributed by atoms with Crippen LogP contribution < -0.4 is 5.32 Å². The summed E-state index contributed by atoms with van der Waals surface area (Å²) in [4.78, 5) is 4.90. The van der Waals surface area contributed by atoms with E-state index in [9.17, 15) is 0 Å². The molecule has 0 amide bonds. The molecule has 0 aromatic carbocycles. The van der Waals surface area contributed by atoms with Crippen LogP contribution >= 0.6 is 0 Å². The van der Waals surface area contributed by atoms with Crippen molar-refractivity contribution in [3.8, 4) is 0 Å². The molecule has 3 heteroatoms. The molecule has 2 fully saturated rings. The molecule has 2 saturated carbocycles. The molecule has 3 aliphatic rings. The predicted molar refractivity (Wildman–Crippen MR) is 78.4 cm³/mol. The van der Waals surface area contributed by atoms with Crippen LogP contribution in [-0.2, 0) is 4.74 Å². The lowest BCUT2D eigenvalue weighted by atomic mass is 9.63. The Bertz CT molecular complexity index is 367. The van der Waals surface area contributed by atoms with Crippen molar-refractivity contribution in [1.29, 1.82) is 0 Å². The Labute approximate surface area is 117 Å². The zero-order valence-electron chi connectivity index (χ0n) is 12.7. The molecule has 19 heavy (non-hydrogen) atoms. The SMILES string of the molecule is CC(C)(C)OC1=NC2CCCC3(CCCC(C3)N1)C2. The lowest BCUT2D eigenvalue weighted by molar-refractivity contribution is 0.0679. The van der Waals surface area contributed by atoms with Crippen LogP contribution in [0.5, 0.6) is 0 Å². The van der Waals surface area contributed by atoms with Gasteiger partial charge in [0.05, 0.1) is 6.04 Å². The first kappa shape index (κ1) is 13.3. The van der Waals surface area contributed by atoms with Crippen LogP contribution in [0.4, 0.5) is 0 Å². The molecule has 1 aliphatic heterocycles. The zero-order chi connectivity index (χ0) is 13.5. The van der Waals surface area contributed by atoms with Gasteiger partial charge in [0.1, 0.15) is 5.60 Å². The number of hydrogen-bond donors (Lipinski definition) is 1. The minimum absolute atomic E-state index is 0.161. The molecule has 3 atom stereocenters. The van der Waals surface area contributed by atoms with Gasteiger partial charge in [-0.3, -0.25) is 0 Å². The first-order valence-electron chi connectivity index (χ1n) is 7.98. The van der Waals surface area contributed by atoms with E-state index in [-0.39, 0.29) is 5.60 Å². The number of nitrogens with zero attached hydrogens (tertiary/aromatic N) is 1. The molecule has 0 aromatic rings. The first-order chi connectivity index (χ1) is 8.94. The largest absolute Gasteiger partial charge is 0.460 e. The van der Waals surface area contributed by atoms with Gasteiger partial charge in [0, 0.05) is 6.04 Å². The molecule has 3 unspecified atom stereocenters. The lowest BCUT2D eigenvalue weighted by Crippen LogP contribution is -2.49. The van der Waals surface area contributed by atoms with E-state index in [1.54, 1.807) is 0 Å². The molecule has 0 radical (unpaired) electrons. The second-order valence-electron chi connectivity index (χ2n) is 7.84. The summed E-state index contributed by atoms with van der Waals surface area (Å²) in [6.45, 7) is 6.30. The summed E-state index contributed by atoms with van der Waals surface area (Å²) < 4.78 is 6.03. The molecule has 0 saturated heterocycles. The third-order valence-electron chi connectivity index (χ3n) is 4.88. The number of hydrogen-bond acceptors (Lipinski definition) is 3. The minimum Gasteiger partial charge on any atom is -0.460 e. The Hall–Kier alpha value is -0.730. The summed E-state index contributed by atoms with van der Waals surface area (Å²) in [7, 11) is 0. The van der Waals surface area contributed by atoms with E-state index in [0.29, 0.717) is 17.5 Å². The highest BCUT2D eigenvalue weighted by Gasteiger charge is 2.42. The van der Waals surface area contributed by atoms with Gasteiger partial charge in [-0.15, -0.1) is 0 Å². The fraction of sp³-hybridized carbons (Fsp3) is 0.938. The molecule has 3 nitrogen and oxygen atoms in total. The number of amidine groups is 1. The van der Waals surface area contributed by atoms with Gasteiger partial charge < -0.3 is 10.1 Å². The summed E-state index contributed by atoms with van der Waals surface area (Å²) in [6, 6.07) is 1.87. The van der Waals surface area contributed by atoms with Crippen LogP contribution in [0.25, 0.3) is 0 Å². The lowest BCUT2D eigenvalue weighted by Gasteiger charge is -2.47. The molecule has 1 spiro atoms. The van der Waals surface area contributed by atoms with Gasteiger partial charge >= 0.3 is 0 Å². The van der Waals surface area contributed by atoms with Crippen molar-refractivity contribution in [3.05, 3.63) is 0 Å². The monoisotopic (exact) mass is 264 g/mol. The van der Waals surface area contributed by atoms with E-state index < -0.39 is 0 Å². The van der Waals surface area contributed by atoms with E-state index >= 15 is 0 Å². The Morgan fingerprint density at radius 1 is 1.16 bits per heavy atom. The molecular weight excluding hydrogens is 236 g/mol. The van der Waals surface area contributed by atoms with Crippen molar-refractivity contribution in [2.45, 2.75) is 89.8 Å². The third kappa shape index (κ3) is 3.06. The molecule has 1 heterocycles. The molecular formula is C16H28N2O. The van der Waals surface area contributed by atoms with Crippen molar-refractivity contribution in [2.75, 3.05) is 0 Å². The quantitative estimate of drug-likeness (QED) is 0.725. The van der Waals surface area contributed by atoms with Crippen molar-refractivity contribution >= 4 is 6.02 Å². The molecule has 1 N–H and O–H groups in total. The number of rotatable bonds is 0. The molecule has 108 valence electrons. The van der Waals surface area contributed by atoms with Crippen LogP contribution in [-0.4, -0.2) is 23.7 Å². The van der Waals surface area contributed by atoms with Crippen molar-refractivity contribution in [2.24, 2.45) is 10.4 Å². The summed E-state index contributed by atoms with van der Waals surface area (Å²) in [5.74, 6) is 0. The van der Waals surface area contributed by atoms with Crippen LogP contribution in [0.15, 0.2) is 4.99 Å². The fourth-order valence-corrected chi connectivity index (χ4v) is 4.24. The standard InChI is InChI=1S/C16H28N2O/c1-15(2,3)19-14-17-12-6-4-8-16(10-12)9-5-7-13(11-16)18-14/h12-13H,4-11H2,1-3H3,(H,17,18). The smallest absolute Gasteiger partial charge is 0.285 e. The van der Waals surface area contributed by atoms with Crippen molar-refractivity contribution < 1.29 is 4.74 Å². The summed E-state index contributed by atoms with van der Waals surface area (Å²) in [6.07, 6.45) is 10.7. The summed E-state index contributed by atoms with van der Waals surface area (Å²) >= 11 is 0. The fourth-order valence-electron chi connectivity index (χ4n) is 4.24. The number of nitrogens with one attached hydrogen (secondary N) is 1. The van der Waals surface area contributed by atoms with E-state index in [2.05, 4.69) is 26.1 Å². The number of aliphatic imine (C=N–C) groups is 1. The number of fused-ring (bicyclic) bond motifs is 2. The van der Waals surface area contributed by atoms with Crippen LogP contribution in [0.2, 0.25) is 0 Å². The second kappa shape index (κ2) is 4.68. The average Bonchev–Trinajstić information content (AvgIpc) is 2.25. The Morgan fingerprint density at radius 2 is 1.89 bits per heavy atom. The molecule has 3 bridgehead atoms. The summed E-state index contributed by atoms with van der Waals surface area (Å²) in [5.41, 5.74) is 0.432. The summed E-state index contributed by atoms with van der Waals surface area (Å²) in [5, 5.41) is 3.60. The highest BCUT2D eigenvalue weighted by atomic mass is 16.5. The van der Waals surface area contributed by atoms with E-state index in [4.69, 9.17) is 9.73 Å². The van der Waals surface area contributed by atoms with Crippen molar-refractivity contribution in [3.63, 3.8) is 0 Å². The second-order valence-corrected chi connectivity index (χ2v) is 7.84. The third-order valence-corrected chi connectivity index (χ3v) is 4.88. The first-order valence-corrected chi connectivity index (χ1v) is 7.98. The Kier molecular flexibility index (Phi) is 3.26. The average molecular weight is 264 g/mol.